The van der Waals surface area contributed by atoms with Gasteiger partial charge in [0, 0.05) is 5.39 Å². The molecule has 29 heavy (non-hydrogen) atoms. The van der Waals surface area contributed by atoms with Crippen molar-refractivity contribution in [2.45, 2.75) is 6.61 Å². The summed E-state index contributed by atoms with van der Waals surface area (Å²) in [4.78, 5) is 35.3. The molecular formula is C21H19NO7. The van der Waals surface area contributed by atoms with Crippen LogP contribution in [0.3, 0.4) is 0 Å². The Labute approximate surface area is 166 Å². The summed E-state index contributed by atoms with van der Waals surface area (Å²) in [7, 11) is 1.20. The summed E-state index contributed by atoms with van der Waals surface area (Å²) in [6.07, 6.45) is 0. The SMILES string of the molecule is COC(=O)CNC(=O)COC(=O)c1oc2ccccc2c1COc1ccccc1. The third kappa shape index (κ3) is 5.13. The van der Waals surface area contributed by atoms with Gasteiger partial charge < -0.3 is 23.9 Å². The Morgan fingerprint density at radius 1 is 1.00 bits per heavy atom. The number of methoxy groups -OCH3 is 1. The van der Waals surface area contributed by atoms with Crippen LogP contribution < -0.4 is 10.1 Å². The van der Waals surface area contributed by atoms with E-state index in [0.717, 1.165) is 0 Å². The van der Waals surface area contributed by atoms with Crippen LogP contribution in [0.2, 0.25) is 0 Å². The number of rotatable bonds is 8. The molecule has 0 aliphatic heterocycles. The Hall–Kier alpha value is -3.81. The van der Waals surface area contributed by atoms with Crippen molar-refractivity contribution in [1.29, 1.82) is 0 Å². The molecule has 2 aromatic carbocycles. The number of hydrogen-bond acceptors (Lipinski definition) is 7. The number of nitrogens with one attached hydrogen (secondary N) is 1. The molecule has 0 unspecified atom stereocenters. The van der Waals surface area contributed by atoms with Gasteiger partial charge in [0.05, 0.1) is 12.7 Å². The number of para-hydroxylation sites is 2. The van der Waals surface area contributed by atoms with Gasteiger partial charge in [-0.15, -0.1) is 0 Å². The van der Waals surface area contributed by atoms with E-state index in [9.17, 15) is 14.4 Å². The van der Waals surface area contributed by atoms with Crippen LogP contribution in [0.5, 0.6) is 5.75 Å². The van der Waals surface area contributed by atoms with Crippen molar-refractivity contribution in [3.05, 3.63) is 65.9 Å². The van der Waals surface area contributed by atoms with Crippen LogP contribution in [-0.4, -0.2) is 38.1 Å². The molecule has 0 radical (unpaired) electrons. The summed E-state index contributed by atoms with van der Waals surface area (Å²) in [6, 6.07) is 16.3. The first-order valence-corrected chi connectivity index (χ1v) is 8.77. The first-order chi connectivity index (χ1) is 14.1. The fourth-order valence-electron chi connectivity index (χ4n) is 2.57. The molecule has 8 heteroatoms. The van der Waals surface area contributed by atoms with Crippen LogP contribution >= 0.6 is 0 Å². The number of benzene rings is 2. The highest BCUT2D eigenvalue weighted by Gasteiger charge is 2.23. The Bertz CT molecular complexity index is 1010. The second-order valence-electron chi connectivity index (χ2n) is 5.94. The highest BCUT2D eigenvalue weighted by molar-refractivity contribution is 5.97. The summed E-state index contributed by atoms with van der Waals surface area (Å²) >= 11 is 0. The summed E-state index contributed by atoms with van der Waals surface area (Å²) in [5.41, 5.74) is 1.02. The van der Waals surface area contributed by atoms with Gasteiger partial charge in [0.25, 0.3) is 5.91 Å². The number of hydrogen-bond donors (Lipinski definition) is 1. The second kappa shape index (κ2) is 9.41. The number of furan rings is 1. The lowest BCUT2D eigenvalue weighted by molar-refractivity contribution is -0.141. The molecule has 0 aliphatic rings. The molecule has 1 N–H and O–H groups in total. The minimum atomic E-state index is -0.805. The molecule has 1 amide bonds. The van der Waals surface area contributed by atoms with E-state index in [2.05, 4.69) is 10.1 Å². The zero-order valence-corrected chi connectivity index (χ0v) is 15.7. The van der Waals surface area contributed by atoms with E-state index in [4.69, 9.17) is 13.9 Å². The van der Waals surface area contributed by atoms with Crippen molar-refractivity contribution in [3.63, 3.8) is 0 Å². The number of ether oxygens (including phenoxy) is 3. The molecule has 3 rings (SSSR count). The summed E-state index contributed by atoms with van der Waals surface area (Å²) in [5, 5.41) is 3.00. The van der Waals surface area contributed by atoms with E-state index in [1.165, 1.54) is 7.11 Å². The number of esters is 2. The smallest absolute Gasteiger partial charge is 0.375 e. The van der Waals surface area contributed by atoms with Gasteiger partial charge in [-0.2, -0.15) is 0 Å². The third-order valence-corrected chi connectivity index (χ3v) is 4.00. The van der Waals surface area contributed by atoms with E-state index in [1.807, 2.05) is 30.3 Å². The Morgan fingerprint density at radius 3 is 2.48 bits per heavy atom. The number of carbonyl (C=O) groups excluding carboxylic acids is 3. The zero-order chi connectivity index (χ0) is 20.6. The van der Waals surface area contributed by atoms with E-state index in [-0.39, 0.29) is 18.9 Å². The summed E-state index contributed by atoms with van der Waals surface area (Å²) in [6.45, 7) is -0.792. The largest absolute Gasteiger partial charge is 0.489 e. The minimum Gasteiger partial charge on any atom is -0.489 e. The van der Waals surface area contributed by atoms with Crippen molar-refractivity contribution in [2.24, 2.45) is 0 Å². The number of carbonyl (C=O) groups is 3. The van der Waals surface area contributed by atoms with Crippen molar-refractivity contribution in [3.8, 4) is 5.75 Å². The standard InChI is InChI=1S/C21H19NO7/c1-26-19(24)11-22-18(23)13-28-21(25)20-16(12-27-14-7-3-2-4-8-14)15-9-5-6-10-17(15)29-20/h2-10H,11-13H2,1H3,(H,22,23). The molecular weight excluding hydrogens is 378 g/mol. The maximum absolute atomic E-state index is 12.5. The van der Waals surface area contributed by atoms with E-state index in [1.54, 1.807) is 24.3 Å². The molecule has 1 heterocycles. The fraction of sp³-hybridized carbons (Fsp3) is 0.190. The van der Waals surface area contributed by atoms with E-state index in [0.29, 0.717) is 22.3 Å². The summed E-state index contributed by atoms with van der Waals surface area (Å²) < 4.78 is 20.8. The lowest BCUT2D eigenvalue weighted by atomic mass is 10.1. The topological polar surface area (TPSA) is 104 Å². The maximum Gasteiger partial charge on any atom is 0.375 e. The van der Waals surface area contributed by atoms with Crippen LogP contribution in [0, 0.1) is 0 Å². The molecule has 0 atom stereocenters. The maximum atomic E-state index is 12.5. The van der Waals surface area contributed by atoms with Gasteiger partial charge in [-0.1, -0.05) is 36.4 Å². The van der Waals surface area contributed by atoms with Gasteiger partial charge in [0.2, 0.25) is 5.76 Å². The van der Waals surface area contributed by atoms with Gasteiger partial charge in [-0.3, -0.25) is 9.59 Å². The fourth-order valence-corrected chi connectivity index (χ4v) is 2.57. The van der Waals surface area contributed by atoms with Crippen LogP contribution in [-0.2, 0) is 25.7 Å². The molecule has 0 bridgehead atoms. The highest BCUT2D eigenvalue weighted by Crippen LogP contribution is 2.28. The van der Waals surface area contributed by atoms with Crippen molar-refractivity contribution in [1.82, 2.24) is 5.32 Å². The van der Waals surface area contributed by atoms with Crippen molar-refractivity contribution < 1.29 is 33.0 Å². The quantitative estimate of drug-likeness (QED) is 0.582. The molecule has 0 saturated carbocycles. The lowest BCUT2D eigenvalue weighted by Gasteiger charge is -2.07. The van der Waals surface area contributed by atoms with Crippen molar-refractivity contribution in [2.75, 3.05) is 20.3 Å². The Balaban J connectivity index is 1.71. The first kappa shape index (κ1) is 19.9. The van der Waals surface area contributed by atoms with Gasteiger partial charge in [-0.25, -0.2) is 4.79 Å². The molecule has 3 aromatic rings. The van der Waals surface area contributed by atoms with Crippen LogP contribution in [0.1, 0.15) is 16.1 Å². The predicted molar refractivity (Wildman–Crippen MR) is 102 cm³/mol. The van der Waals surface area contributed by atoms with Crippen LogP contribution in [0.25, 0.3) is 11.0 Å². The van der Waals surface area contributed by atoms with Gasteiger partial charge >= 0.3 is 11.9 Å². The normalized spacial score (nSPS) is 10.4. The average Bonchev–Trinajstić information content (AvgIpc) is 3.13. The monoisotopic (exact) mass is 397 g/mol. The van der Waals surface area contributed by atoms with Gasteiger partial charge in [0.15, 0.2) is 6.61 Å². The lowest BCUT2D eigenvalue weighted by Crippen LogP contribution is -2.33. The highest BCUT2D eigenvalue weighted by atomic mass is 16.5. The molecule has 8 nitrogen and oxygen atoms in total. The van der Waals surface area contributed by atoms with Crippen molar-refractivity contribution >= 4 is 28.8 Å². The van der Waals surface area contributed by atoms with E-state index >= 15 is 0 Å². The van der Waals surface area contributed by atoms with E-state index < -0.39 is 24.5 Å². The summed E-state index contributed by atoms with van der Waals surface area (Å²) in [5.74, 6) is -1.45. The predicted octanol–water partition coefficient (Wildman–Crippen LogP) is 2.46. The molecule has 150 valence electrons. The first-order valence-electron chi connectivity index (χ1n) is 8.77. The Kier molecular flexibility index (Phi) is 6.47. The van der Waals surface area contributed by atoms with Crippen LogP contribution in [0.4, 0.5) is 0 Å². The number of amides is 1. The zero-order valence-electron chi connectivity index (χ0n) is 15.7. The molecule has 0 aliphatic carbocycles. The number of fused-ring (bicyclic) bond motifs is 1. The third-order valence-electron chi connectivity index (χ3n) is 4.00. The Morgan fingerprint density at radius 2 is 1.72 bits per heavy atom. The second-order valence-corrected chi connectivity index (χ2v) is 5.94. The molecule has 0 spiro atoms. The van der Waals surface area contributed by atoms with Gasteiger partial charge in [0.1, 0.15) is 24.5 Å². The minimum absolute atomic E-state index is 0.0390. The molecule has 0 fully saturated rings. The molecule has 1 aromatic heterocycles. The van der Waals surface area contributed by atoms with Crippen LogP contribution in [0.15, 0.2) is 59.0 Å². The average molecular weight is 397 g/mol. The van der Waals surface area contributed by atoms with Gasteiger partial charge in [-0.05, 0) is 18.2 Å². The molecule has 0 saturated heterocycles.